The molecule has 0 saturated carbocycles. The molecule has 2 atom stereocenters. The lowest BCUT2D eigenvalue weighted by molar-refractivity contribution is -0.169. The third kappa shape index (κ3) is 4.83. The smallest absolute Gasteiger partial charge is 0.413 e. The molecule has 1 aromatic rings. The number of nitrogens with zero attached hydrogens (tertiary/aromatic N) is 1. The molecule has 0 bridgehead atoms. The summed E-state index contributed by atoms with van der Waals surface area (Å²) in [5, 5.41) is 0. The zero-order valence-corrected chi connectivity index (χ0v) is 13.5. The molecular formula is C12H12F5N2O4P. The van der Waals surface area contributed by atoms with Crippen LogP contribution in [0.15, 0.2) is 4.85 Å². The summed E-state index contributed by atoms with van der Waals surface area (Å²) in [6.07, 6.45) is -0.430. The maximum absolute atomic E-state index is 13.3. The highest BCUT2D eigenvalue weighted by molar-refractivity contribution is 7.33. The molecule has 0 aliphatic rings. The minimum atomic E-state index is -3.28. The Kier molecular flexibility index (Phi) is 7.00. The first-order chi connectivity index (χ1) is 11.1. The van der Waals surface area contributed by atoms with E-state index in [0.717, 1.165) is 0 Å². The van der Waals surface area contributed by atoms with Crippen molar-refractivity contribution in [2.75, 3.05) is 0 Å². The van der Waals surface area contributed by atoms with Crippen molar-refractivity contribution >= 4 is 14.1 Å². The van der Waals surface area contributed by atoms with Gasteiger partial charge in [-0.3, -0.25) is 9.32 Å². The first kappa shape index (κ1) is 20.2. The second-order valence-corrected chi connectivity index (χ2v) is 5.52. The molecule has 0 aliphatic heterocycles. The first-order valence-electron chi connectivity index (χ1n) is 6.39. The summed E-state index contributed by atoms with van der Waals surface area (Å²) in [5.41, 5.74) is 2.02. The van der Waals surface area contributed by atoms with Crippen LogP contribution in [0.2, 0.25) is 0 Å². The Hall–Kier alpha value is -1.84. The fourth-order valence-electron chi connectivity index (χ4n) is 1.28. The lowest BCUT2D eigenvalue weighted by Crippen LogP contribution is -2.33. The molecule has 0 radical (unpaired) electrons. The summed E-state index contributed by atoms with van der Waals surface area (Å²) in [7, 11) is -3.28. The van der Waals surface area contributed by atoms with Gasteiger partial charge < -0.3 is 9.63 Å². The molecule has 0 spiro atoms. The van der Waals surface area contributed by atoms with Crippen LogP contribution in [0.25, 0.3) is 0 Å². The predicted octanol–water partition coefficient (Wildman–Crippen LogP) is 2.46. The van der Waals surface area contributed by atoms with Crippen molar-refractivity contribution in [1.29, 1.82) is 0 Å². The maximum atomic E-state index is 13.3. The van der Waals surface area contributed by atoms with Gasteiger partial charge in [-0.15, -0.1) is 0 Å². The van der Waals surface area contributed by atoms with Crippen molar-refractivity contribution in [3.8, 4) is 5.75 Å². The van der Waals surface area contributed by atoms with E-state index in [2.05, 4.69) is 9.38 Å². The van der Waals surface area contributed by atoms with Crippen LogP contribution in [0.1, 0.15) is 20.8 Å². The summed E-state index contributed by atoms with van der Waals surface area (Å²) < 4.78 is 74.3. The van der Waals surface area contributed by atoms with Crippen molar-refractivity contribution < 1.29 is 40.9 Å². The molecule has 0 fully saturated rings. The minimum absolute atomic E-state index is 0.430. The summed E-state index contributed by atoms with van der Waals surface area (Å²) >= 11 is 0. The van der Waals surface area contributed by atoms with Gasteiger partial charge in [0, 0.05) is 4.85 Å². The highest BCUT2D eigenvalue weighted by Gasteiger charge is 2.30. The van der Waals surface area contributed by atoms with E-state index in [9.17, 15) is 31.6 Å². The molecule has 0 aromatic heterocycles. The number of benzene rings is 1. The molecule has 1 aromatic carbocycles. The largest absolute Gasteiger partial charge is 0.574 e. The van der Waals surface area contributed by atoms with Crippen LogP contribution in [-0.4, -0.2) is 18.1 Å². The molecule has 0 heterocycles. The van der Waals surface area contributed by atoms with Gasteiger partial charge in [-0.25, -0.2) is 13.2 Å². The molecule has 1 unspecified atom stereocenters. The molecule has 6 nitrogen and oxygen atoms in total. The van der Waals surface area contributed by atoms with Crippen molar-refractivity contribution in [3.05, 3.63) is 29.1 Å². The van der Waals surface area contributed by atoms with Crippen molar-refractivity contribution in [2.24, 2.45) is 4.85 Å². The molecule has 24 heavy (non-hydrogen) atoms. The molecule has 0 saturated heterocycles. The number of carbonyl (C=O) groups excluding carboxylic acids is 1. The fourth-order valence-corrected chi connectivity index (χ4v) is 1.91. The number of carbonyl (C=O) groups is 1. The van der Waals surface area contributed by atoms with Crippen LogP contribution in [-0.2, 0) is 9.53 Å². The normalized spacial score (nSPS) is 13.2. The summed E-state index contributed by atoms with van der Waals surface area (Å²) in [6, 6.07) is -1.09. The Balaban J connectivity index is 2.89. The van der Waals surface area contributed by atoms with Gasteiger partial charge in [0.05, 0.1) is 6.10 Å². The lowest BCUT2D eigenvalue weighted by atomic mass is 10.3. The Bertz CT molecular complexity index is 642. The second kappa shape index (κ2) is 8.32. The number of hydrogen-bond donors (Lipinski definition) is 1. The van der Waals surface area contributed by atoms with Crippen LogP contribution in [0.4, 0.5) is 22.0 Å². The van der Waals surface area contributed by atoms with Crippen LogP contribution in [0.5, 0.6) is 5.75 Å². The topological polar surface area (TPSA) is 83.0 Å². The number of ether oxygens (including phenoxy) is 1. The molecule has 0 aliphatic carbocycles. The van der Waals surface area contributed by atoms with E-state index in [4.69, 9.17) is 4.74 Å². The van der Waals surface area contributed by atoms with Crippen molar-refractivity contribution in [1.82, 2.24) is 5.43 Å². The number of rotatable bonds is 6. The zero-order chi connectivity index (χ0) is 18.6. The molecule has 12 heteroatoms. The minimum Gasteiger partial charge on any atom is -0.574 e. The van der Waals surface area contributed by atoms with Gasteiger partial charge in [0.1, 0.15) is 6.04 Å². The Morgan fingerprint density at radius 1 is 1.04 bits per heavy atom. The van der Waals surface area contributed by atoms with E-state index in [-0.39, 0.29) is 0 Å². The molecule has 0 amide bonds. The van der Waals surface area contributed by atoms with Gasteiger partial charge in [0.25, 0.3) is 5.75 Å². The second-order valence-electron chi connectivity index (χ2n) is 4.66. The Labute approximate surface area is 134 Å². The third-order valence-corrected chi connectivity index (χ3v) is 2.99. The van der Waals surface area contributed by atoms with E-state index in [1.54, 1.807) is 13.8 Å². The Morgan fingerprint density at radius 2 is 1.50 bits per heavy atom. The van der Waals surface area contributed by atoms with E-state index < -0.39 is 61.1 Å². The highest BCUT2D eigenvalue weighted by atomic mass is 31.1. The fraction of sp³-hybridized carbons (Fsp3) is 0.417. The van der Waals surface area contributed by atoms with Crippen LogP contribution < -0.4 is 14.8 Å². The molecule has 1 rings (SSSR count). The zero-order valence-electron chi connectivity index (χ0n) is 12.6. The molecule has 134 valence electrons. The lowest BCUT2D eigenvalue weighted by Gasteiger charge is -2.11. The highest BCUT2D eigenvalue weighted by Crippen LogP contribution is 2.33. The van der Waals surface area contributed by atoms with Gasteiger partial charge in [-0.1, -0.05) is 0 Å². The van der Waals surface area contributed by atoms with Crippen LogP contribution >= 0.6 is 8.17 Å². The van der Waals surface area contributed by atoms with Gasteiger partial charge in [0.15, 0.2) is 0 Å². The van der Waals surface area contributed by atoms with Crippen LogP contribution in [0, 0.1) is 29.1 Å². The predicted molar refractivity (Wildman–Crippen MR) is 70.0 cm³/mol. The first-order valence-corrected chi connectivity index (χ1v) is 7.52. The number of hydrogen-bond acceptors (Lipinski definition) is 5. The summed E-state index contributed by atoms with van der Waals surface area (Å²) in [4.78, 5) is 25.9. The van der Waals surface area contributed by atoms with Gasteiger partial charge >= 0.3 is 14.1 Å². The average molecular weight is 374 g/mol. The average Bonchev–Trinajstić information content (AvgIpc) is 2.52. The maximum Gasteiger partial charge on any atom is 0.413 e. The van der Waals surface area contributed by atoms with E-state index in [1.165, 1.54) is 6.92 Å². The van der Waals surface area contributed by atoms with E-state index in [1.807, 2.05) is 5.43 Å². The quantitative estimate of drug-likeness (QED) is 0.207. The number of halogens is 5. The summed E-state index contributed by atoms with van der Waals surface area (Å²) in [5.74, 6) is -14.0. The summed E-state index contributed by atoms with van der Waals surface area (Å²) in [6.45, 7) is 4.43. The van der Waals surface area contributed by atoms with Crippen LogP contribution in [0.3, 0.4) is 0 Å². The molecular weight excluding hydrogens is 362 g/mol. The van der Waals surface area contributed by atoms with Crippen molar-refractivity contribution in [2.45, 2.75) is 32.9 Å². The van der Waals surface area contributed by atoms with E-state index >= 15 is 0 Å². The van der Waals surface area contributed by atoms with Crippen molar-refractivity contribution in [3.63, 3.8) is 0 Å². The van der Waals surface area contributed by atoms with Gasteiger partial charge in [0.2, 0.25) is 29.1 Å². The monoisotopic (exact) mass is 374 g/mol. The molecule has 1 N–H and O–H groups in total. The van der Waals surface area contributed by atoms with Gasteiger partial charge in [-0.05, 0) is 20.8 Å². The van der Waals surface area contributed by atoms with Gasteiger partial charge in [-0.2, -0.15) is 14.2 Å². The SMILES string of the molecule is CC(C)OC(=O)[C@H](C)N/N=[P+](/[O-])Oc1c(F)c(F)c(F)c(F)c1F. The number of esters is 1. The standard InChI is InChI=1S/C12H12F5N2O4P/c1-4(2)22-12(20)5(3)18-19-24(21)23-11-9(16)7(14)6(13)8(15)10(11)17/h4-5,18H,1-3H3/t5-/m0/s1. The number of nitrogens with one attached hydrogen (secondary N) is 1. The Morgan fingerprint density at radius 3 is 1.96 bits per heavy atom. The van der Waals surface area contributed by atoms with E-state index in [0.29, 0.717) is 0 Å². The third-order valence-electron chi connectivity index (χ3n) is 2.38.